The summed E-state index contributed by atoms with van der Waals surface area (Å²) < 4.78 is 13.9. The Morgan fingerprint density at radius 2 is 1.57 bits per heavy atom. The molecule has 2 fully saturated rings. The number of pyridine rings is 1. The lowest BCUT2D eigenvalue weighted by atomic mass is 9.75. The number of ether oxygens (including phenoxy) is 2. The molecule has 2 saturated heterocycles. The molecule has 0 aliphatic carbocycles. The predicted molar refractivity (Wildman–Crippen MR) is 173 cm³/mol. The highest BCUT2D eigenvalue weighted by atomic mass is 35.5. The Morgan fingerprint density at radius 3 is 2.28 bits per heavy atom. The van der Waals surface area contributed by atoms with Gasteiger partial charge in [0.2, 0.25) is 11.8 Å². The zero-order chi connectivity index (χ0) is 32.7. The molecule has 0 unspecified atom stereocenters. The van der Waals surface area contributed by atoms with Crippen LogP contribution in [0.3, 0.4) is 0 Å². The van der Waals surface area contributed by atoms with Gasteiger partial charge in [-0.05, 0) is 67.1 Å². The van der Waals surface area contributed by atoms with E-state index in [2.05, 4.69) is 4.90 Å². The number of urea groups is 1. The van der Waals surface area contributed by atoms with Crippen LogP contribution in [0.4, 0.5) is 4.79 Å². The number of fused-ring (bicyclic) bond motifs is 4. The molecule has 0 radical (unpaired) electrons. The second-order valence-corrected chi connectivity index (χ2v) is 13.2. The van der Waals surface area contributed by atoms with E-state index < -0.39 is 23.3 Å². The minimum atomic E-state index is -1.55. The number of aromatic nitrogens is 1. The number of benzene rings is 2. The van der Waals surface area contributed by atoms with Gasteiger partial charge in [0.1, 0.15) is 12.0 Å². The summed E-state index contributed by atoms with van der Waals surface area (Å²) in [5.41, 5.74) is 0.938. The van der Waals surface area contributed by atoms with E-state index in [-0.39, 0.29) is 37.0 Å². The minimum Gasteiger partial charge on any atom is -0.490 e. The van der Waals surface area contributed by atoms with Gasteiger partial charge in [-0.3, -0.25) is 24.2 Å². The Balaban J connectivity index is 1.30. The van der Waals surface area contributed by atoms with Crippen molar-refractivity contribution in [3.63, 3.8) is 0 Å². The molecule has 2 bridgehead atoms. The van der Waals surface area contributed by atoms with E-state index in [0.29, 0.717) is 53.3 Å². The van der Waals surface area contributed by atoms with Gasteiger partial charge < -0.3 is 18.9 Å². The molecule has 0 spiro atoms. The zero-order valence-electron chi connectivity index (χ0n) is 26.0. The minimum absolute atomic E-state index is 0.00832. The predicted octanol–water partition coefficient (Wildman–Crippen LogP) is 4.83. The van der Waals surface area contributed by atoms with Crippen LogP contribution in [0.2, 0.25) is 10.0 Å². The van der Waals surface area contributed by atoms with Crippen LogP contribution in [0, 0.1) is 11.3 Å². The second kappa shape index (κ2) is 12.7. The molecule has 6 rings (SSSR count). The number of barbiturate groups is 1. The molecular weight excluding hydrogens is 631 g/mol. The number of likely N-dealkylation sites (tertiary alicyclic amines) is 1. The molecule has 3 aromatic rings. The van der Waals surface area contributed by atoms with Crippen LogP contribution < -0.4 is 15.0 Å². The fraction of sp³-hybridized carbons (Fsp3) is 0.412. The molecule has 2 atom stereocenters. The maximum Gasteiger partial charge on any atom is 0.332 e. The average Bonchev–Trinajstić information content (AvgIpc) is 3.04. The van der Waals surface area contributed by atoms with Crippen LogP contribution in [-0.2, 0) is 29.2 Å². The summed E-state index contributed by atoms with van der Waals surface area (Å²) in [6.45, 7) is 4.41. The smallest absolute Gasteiger partial charge is 0.332 e. The molecule has 10 nitrogen and oxygen atoms in total. The van der Waals surface area contributed by atoms with Crippen molar-refractivity contribution in [1.29, 1.82) is 0 Å². The number of piperidine rings is 1. The molecule has 0 N–H and O–H groups in total. The summed E-state index contributed by atoms with van der Waals surface area (Å²) in [6, 6.07) is 15.3. The topological polar surface area (TPSA) is 101 Å². The van der Waals surface area contributed by atoms with Crippen LogP contribution in [0.1, 0.15) is 36.1 Å². The molecule has 3 aliphatic rings. The van der Waals surface area contributed by atoms with Crippen LogP contribution in [0.25, 0.3) is 0 Å². The van der Waals surface area contributed by atoms with Gasteiger partial charge in [-0.25, -0.2) is 4.79 Å². The van der Waals surface area contributed by atoms with Gasteiger partial charge in [-0.15, -0.1) is 0 Å². The molecular formula is C34H36Cl2N4O6. The Labute approximate surface area is 277 Å². The van der Waals surface area contributed by atoms with Crippen molar-refractivity contribution in [2.45, 2.75) is 38.8 Å². The number of halogens is 2. The van der Waals surface area contributed by atoms with Crippen molar-refractivity contribution >= 4 is 41.0 Å². The van der Waals surface area contributed by atoms with Crippen molar-refractivity contribution in [2.75, 3.05) is 40.3 Å². The zero-order valence-corrected chi connectivity index (χ0v) is 27.5. The summed E-state index contributed by atoms with van der Waals surface area (Å²) in [4.78, 5) is 57.8. The van der Waals surface area contributed by atoms with E-state index >= 15 is 0 Å². The van der Waals surface area contributed by atoms with Crippen LogP contribution in [-0.4, -0.2) is 77.4 Å². The summed E-state index contributed by atoms with van der Waals surface area (Å²) in [7, 11) is 2.84. The summed E-state index contributed by atoms with van der Waals surface area (Å²) in [5, 5.41) is 0.885. The number of rotatable bonds is 9. The first-order valence-electron chi connectivity index (χ1n) is 15.4. The van der Waals surface area contributed by atoms with Gasteiger partial charge in [-0.2, -0.15) is 0 Å². The highest BCUT2D eigenvalue weighted by Gasteiger charge is 2.56. The third kappa shape index (κ3) is 5.89. The van der Waals surface area contributed by atoms with Gasteiger partial charge >= 0.3 is 6.03 Å². The summed E-state index contributed by atoms with van der Waals surface area (Å²) >= 11 is 12.2. The third-order valence-electron chi connectivity index (χ3n) is 9.24. The fourth-order valence-electron chi connectivity index (χ4n) is 7.17. The SMILES string of the molecule is CCOc1cc(CC2(CN3C[C@@H]4C[C@@H](C3)c3cccc(=O)n3C4)C(=O)N(C)C(=O)N(C)C2=O)ccc1OCc1ccc(Cl)c(Cl)c1. The van der Waals surface area contributed by atoms with E-state index in [4.69, 9.17) is 32.7 Å². The largest absolute Gasteiger partial charge is 0.490 e. The van der Waals surface area contributed by atoms with E-state index in [9.17, 15) is 19.2 Å². The molecule has 46 heavy (non-hydrogen) atoms. The quantitative estimate of drug-likeness (QED) is 0.302. The molecule has 242 valence electrons. The molecule has 12 heteroatoms. The first kappa shape index (κ1) is 32.1. The molecule has 0 saturated carbocycles. The summed E-state index contributed by atoms with van der Waals surface area (Å²) in [5.74, 6) is 0.191. The van der Waals surface area contributed by atoms with Gasteiger partial charge in [0.25, 0.3) is 5.56 Å². The number of carbonyl (C=O) groups excluding carboxylic acids is 3. The second-order valence-electron chi connectivity index (χ2n) is 12.4. The normalized spacial score (nSPS) is 20.9. The van der Waals surface area contributed by atoms with E-state index in [0.717, 1.165) is 27.5 Å². The van der Waals surface area contributed by atoms with E-state index in [1.165, 1.54) is 14.1 Å². The Morgan fingerprint density at radius 1 is 0.826 bits per heavy atom. The maximum absolute atomic E-state index is 14.1. The van der Waals surface area contributed by atoms with E-state index in [1.54, 1.807) is 36.4 Å². The molecule has 2 aromatic carbocycles. The van der Waals surface area contributed by atoms with Gasteiger partial charge in [0, 0.05) is 58.0 Å². The number of nitrogens with zero attached hydrogens (tertiary/aromatic N) is 4. The molecule has 3 aliphatic heterocycles. The molecule has 4 amide bonds. The van der Waals surface area contributed by atoms with Gasteiger partial charge in [0.15, 0.2) is 11.5 Å². The van der Waals surface area contributed by atoms with Crippen molar-refractivity contribution in [1.82, 2.24) is 19.3 Å². The highest BCUT2D eigenvalue weighted by molar-refractivity contribution is 6.42. The van der Waals surface area contributed by atoms with Crippen molar-refractivity contribution in [3.8, 4) is 11.5 Å². The van der Waals surface area contributed by atoms with Gasteiger partial charge in [-0.1, -0.05) is 41.4 Å². The van der Waals surface area contributed by atoms with Crippen LogP contribution >= 0.6 is 23.2 Å². The number of hydrogen-bond acceptors (Lipinski definition) is 7. The standard InChI is InChI=1S/C34H36Cl2N4O6/c1-4-45-29-14-21(9-11-28(29)46-19-22-8-10-25(35)26(36)13-22)15-34(31(42)37(2)33(44)38(3)32(34)43)20-39-16-23-12-24(18-39)27-6-5-7-30(41)40(27)17-23/h5-11,13-14,23-24H,4,12,15-20H2,1-3H3/t23-,24-/m0/s1. The molecule has 4 heterocycles. The Kier molecular flexibility index (Phi) is 8.89. The number of amides is 4. The maximum atomic E-state index is 14.1. The van der Waals surface area contributed by atoms with Crippen LogP contribution in [0.15, 0.2) is 59.4 Å². The third-order valence-corrected chi connectivity index (χ3v) is 9.98. The lowest BCUT2D eigenvalue weighted by Gasteiger charge is -2.48. The summed E-state index contributed by atoms with van der Waals surface area (Å²) in [6.07, 6.45) is 0.996. The number of imide groups is 2. The lowest BCUT2D eigenvalue weighted by Crippen LogP contribution is -2.67. The lowest BCUT2D eigenvalue weighted by molar-refractivity contribution is -0.159. The van der Waals surface area contributed by atoms with Crippen molar-refractivity contribution in [2.24, 2.45) is 11.3 Å². The van der Waals surface area contributed by atoms with Crippen molar-refractivity contribution < 1.29 is 23.9 Å². The van der Waals surface area contributed by atoms with Crippen molar-refractivity contribution in [3.05, 3.63) is 91.8 Å². The first-order valence-corrected chi connectivity index (χ1v) is 16.1. The Bertz CT molecular complexity index is 1740. The van der Waals surface area contributed by atoms with Gasteiger partial charge in [0.05, 0.1) is 16.7 Å². The van der Waals surface area contributed by atoms with Crippen LogP contribution in [0.5, 0.6) is 11.5 Å². The average molecular weight is 668 g/mol. The van der Waals surface area contributed by atoms with E-state index in [1.807, 2.05) is 29.7 Å². The monoisotopic (exact) mass is 666 g/mol. The first-order chi connectivity index (χ1) is 22.0. The fourth-order valence-corrected chi connectivity index (χ4v) is 7.49. The number of carbonyl (C=O) groups is 3. The number of hydrogen-bond donors (Lipinski definition) is 0. The molecule has 1 aromatic heterocycles. The highest BCUT2D eigenvalue weighted by Crippen LogP contribution is 2.40. The Hall–Kier alpha value is -3.86.